The van der Waals surface area contributed by atoms with E-state index in [1.807, 2.05) is 19.1 Å². The summed E-state index contributed by atoms with van der Waals surface area (Å²) < 4.78 is 1.09. The molecule has 0 radical (unpaired) electrons. The summed E-state index contributed by atoms with van der Waals surface area (Å²) in [4.78, 5) is 0. The minimum Gasteiger partial charge on any atom is -0.393 e. The van der Waals surface area contributed by atoms with Crippen LogP contribution in [0.3, 0.4) is 0 Å². The Morgan fingerprint density at radius 2 is 1.71 bits per heavy atom. The van der Waals surface area contributed by atoms with E-state index >= 15 is 0 Å². The molecule has 0 bridgehead atoms. The van der Waals surface area contributed by atoms with E-state index in [1.165, 1.54) is 5.56 Å². The molecular formula is C12H17BrO. The highest BCUT2D eigenvalue weighted by Gasteiger charge is 2.17. The molecule has 2 atom stereocenters. The van der Waals surface area contributed by atoms with Gasteiger partial charge >= 0.3 is 0 Å². The Hall–Kier alpha value is -0.340. The second-order valence-corrected chi connectivity index (χ2v) is 4.46. The predicted molar refractivity (Wildman–Crippen MR) is 63.5 cm³/mol. The Kier molecular flexibility index (Phi) is 4.63. The third-order valence-electron chi connectivity index (χ3n) is 2.62. The topological polar surface area (TPSA) is 20.2 Å². The normalized spacial score (nSPS) is 15.1. The van der Waals surface area contributed by atoms with Gasteiger partial charge in [-0.25, -0.2) is 0 Å². The predicted octanol–water partition coefficient (Wildman–Crippen LogP) is 3.71. The van der Waals surface area contributed by atoms with Crippen LogP contribution >= 0.6 is 15.9 Å². The summed E-state index contributed by atoms with van der Waals surface area (Å²) in [6, 6.07) is 8.22. The highest BCUT2D eigenvalue weighted by Crippen LogP contribution is 2.26. The van der Waals surface area contributed by atoms with Gasteiger partial charge in [-0.15, -0.1) is 0 Å². The molecule has 2 heteroatoms. The second kappa shape index (κ2) is 5.52. The van der Waals surface area contributed by atoms with Crippen LogP contribution in [-0.2, 0) is 0 Å². The zero-order valence-electron chi connectivity index (χ0n) is 8.70. The minimum atomic E-state index is -0.221. The molecule has 0 heterocycles. The smallest absolute Gasteiger partial charge is 0.0606 e. The SMILES string of the molecule is CCC(O)C(CC)c1ccc(Br)cc1. The summed E-state index contributed by atoms with van der Waals surface area (Å²) in [5.41, 5.74) is 1.23. The van der Waals surface area contributed by atoms with Gasteiger partial charge in [-0.2, -0.15) is 0 Å². The first-order chi connectivity index (χ1) is 6.69. The molecule has 0 aliphatic rings. The van der Waals surface area contributed by atoms with E-state index in [0.717, 1.165) is 17.3 Å². The summed E-state index contributed by atoms with van der Waals surface area (Å²) in [5, 5.41) is 9.83. The third-order valence-corrected chi connectivity index (χ3v) is 3.15. The molecule has 0 amide bonds. The highest BCUT2D eigenvalue weighted by molar-refractivity contribution is 9.10. The van der Waals surface area contributed by atoms with Gasteiger partial charge < -0.3 is 5.11 Å². The van der Waals surface area contributed by atoms with Gasteiger partial charge in [-0.1, -0.05) is 41.9 Å². The molecule has 0 aromatic heterocycles. The molecule has 78 valence electrons. The second-order valence-electron chi connectivity index (χ2n) is 3.54. The van der Waals surface area contributed by atoms with Gasteiger partial charge in [0.25, 0.3) is 0 Å². The molecular weight excluding hydrogens is 240 g/mol. The van der Waals surface area contributed by atoms with Gasteiger partial charge in [0.15, 0.2) is 0 Å². The molecule has 0 saturated heterocycles. The fraction of sp³-hybridized carbons (Fsp3) is 0.500. The molecule has 0 fully saturated rings. The van der Waals surface area contributed by atoms with Gasteiger partial charge in [-0.3, -0.25) is 0 Å². The number of benzene rings is 1. The van der Waals surface area contributed by atoms with Crippen LogP contribution < -0.4 is 0 Å². The van der Waals surface area contributed by atoms with Crippen LogP contribution in [0, 0.1) is 0 Å². The molecule has 0 spiro atoms. The Balaban J connectivity index is 2.84. The van der Waals surface area contributed by atoms with Crippen molar-refractivity contribution in [3.63, 3.8) is 0 Å². The number of rotatable bonds is 4. The van der Waals surface area contributed by atoms with Gasteiger partial charge in [0.2, 0.25) is 0 Å². The molecule has 1 aromatic rings. The van der Waals surface area contributed by atoms with Crippen molar-refractivity contribution in [3.8, 4) is 0 Å². The number of aliphatic hydroxyl groups excluding tert-OH is 1. The molecule has 0 aliphatic heterocycles. The maximum absolute atomic E-state index is 9.83. The largest absolute Gasteiger partial charge is 0.393 e. The van der Waals surface area contributed by atoms with Crippen LogP contribution in [0.1, 0.15) is 38.2 Å². The minimum absolute atomic E-state index is 0.221. The lowest BCUT2D eigenvalue weighted by Gasteiger charge is -2.20. The van der Waals surface area contributed by atoms with Crippen molar-refractivity contribution in [2.45, 2.75) is 38.7 Å². The van der Waals surface area contributed by atoms with Crippen molar-refractivity contribution in [1.82, 2.24) is 0 Å². The van der Waals surface area contributed by atoms with E-state index in [2.05, 4.69) is 35.0 Å². The molecule has 1 nitrogen and oxygen atoms in total. The zero-order chi connectivity index (χ0) is 10.6. The van der Waals surface area contributed by atoms with E-state index in [1.54, 1.807) is 0 Å². The van der Waals surface area contributed by atoms with Crippen LogP contribution in [0.2, 0.25) is 0 Å². The number of aliphatic hydroxyl groups is 1. The lowest BCUT2D eigenvalue weighted by Crippen LogP contribution is -2.16. The van der Waals surface area contributed by atoms with E-state index in [-0.39, 0.29) is 12.0 Å². The fourth-order valence-corrected chi connectivity index (χ4v) is 1.99. The first kappa shape index (κ1) is 11.7. The molecule has 1 rings (SSSR count). The maximum atomic E-state index is 9.83. The molecule has 14 heavy (non-hydrogen) atoms. The Morgan fingerprint density at radius 3 is 2.14 bits per heavy atom. The van der Waals surface area contributed by atoms with Crippen LogP contribution in [0.5, 0.6) is 0 Å². The van der Waals surface area contributed by atoms with Crippen molar-refractivity contribution >= 4 is 15.9 Å². The first-order valence-electron chi connectivity index (χ1n) is 5.12. The van der Waals surface area contributed by atoms with Crippen LogP contribution in [0.15, 0.2) is 28.7 Å². The Labute approximate surface area is 94.3 Å². The number of halogens is 1. The summed E-state index contributed by atoms with van der Waals surface area (Å²) in [6.07, 6.45) is 1.58. The van der Waals surface area contributed by atoms with Gasteiger partial charge in [0.1, 0.15) is 0 Å². The summed E-state index contributed by atoms with van der Waals surface area (Å²) in [6.45, 7) is 4.14. The molecule has 1 aromatic carbocycles. The standard InChI is InChI=1S/C12H17BrO/c1-3-11(12(14)4-2)9-5-7-10(13)8-6-9/h5-8,11-12,14H,3-4H2,1-2H3. The zero-order valence-corrected chi connectivity index (χ0v) is 10.3. The fourth-order valence-electron chi connectivity index (χ4n) is 1.72. The van der Waals surface area contributed by atoms with Crippen molar-refractivity contribution < 1.29 is 5.11 Å². The van der Waals surface area contributed by atoms with Gasteiger partial charge in [0.05, 0.1) is 6.10 Å². The highest BCUT2D eigenvalue weighted by atomic mass is 79.9. The van der Waals surface area contributed by atoms with Gasteiger partial charge in [-0.05, 0) is 30.5 Å². The van der Waals surface area contributed by atoms with E-state index < -0.39 is 0 Å². The number of hydrogen-bond donors (Lipinski definition) is 1. The summed E-state index contributed by atoms with van der Waals surface area (Å²) in [5.74, 6) is 0.271. The first-order valence-corrected chi connectivity index (χ1v) is 5.91. The molecule has 0 saturated carbocycles. The van der Waals surface area contributed by atoms with Crippen LogP contribution in [0.4, 0.5) is 0 Å². The lowest BCUT2D eigenvalue weighted by atomic mass is 9.90. The Bertz CT molecular complexity index is 268. The van der Waals surface area contributed by atoms with Gasteiger partial charge in [0, 0.05) is 10.4 Å². The van der Waals surface area contributed by atoms with Crippen molar-refractivity contribution in [2.24, 2.45) is 0 Å². The molecule has 2 unspecified atom stereocenters. The van der Waals surface area contributed by atoms with Crippen LogP contribution in [-0.4, -0.2) is 11.2 Å². The quantitative estimate of drug-likeness (QED) is 0.871. The average Bonchev–Trinajstić information content (AvgIpc) is 2.21. The molecule has 1 N–H and O–H groups in total. The lowest BCUT2D eigenvalue weighted by molar-refractivity contribution is 0.136. The summed E-state index contributed by atoms with van der Waals surface area (Å²) in [7, 11) is 0. The molecule has 0 aliphatic carbocycles. The van der Waals surface area contributed by atoms with Crippen molar-refractivity contribution in [2.75, 3.05) is 0 Å². The van der Waals surface area contributed by atoms with E-state index in [0.29, 0.717) is 0 Å². The van der Waals surface area contributed by atoms with Crippen molar-refractivity contribution in [3.05, 3.63) is 34.3 Å². The van der Waals surface area contributed by atoms with Crippen LogP contribution in [0.25, 0.3) is 0 Å². The Morgan fingerprint density at radius 1 is 1.14 bits per heavy atom. The average molecular weight is 257 g/mol. The maximum Gasteiger partial charge on any atom is 0.0606 e. The summed E-state index contributed by atoms with van der Waals surface area (Å²) >= 11 is 3.41. The van der Waals surface area contributed by atoms with E-state index in [4.69, 9.17) is 0 Å². The van der Waals surface area contributed by atoms with Crippen molar-refractivity contribution in [1.29, 1.82) is 0 Å². The monoisotopic (exact) mass is 256 g/mol. The van der Waals surface area contributed by atoms with E-state index in [9.17, 15) is 5.11 Å². The number of hydrogen-bond acceptors (Lipinski definition) is 1. The third kappa shape index (κ3) is 2.82.